The van der Waals surface area contributed by atoms with Crippen molar-refractivity contribution in [3.63, 3.8) is 0 Å². The van der Waals surface area contributed by atoms with Gasteiger partial charge < -0.3 is 4.74 Å². The first-order valence-corrected chi connectivity index (χ1v) is 7.14. The molecule has 4 rings (SSSR count). The molecule has 0 fully saturated rings. The highest BCUT2D eigenvalue weighted by Gasteiger charge is 2.07. The third kappa shape index (κ3) is 2.62. The summed E-state index contributed by atoms with van der Waals surface area (Å²) in [6.45, 7) is 2.03. The van der Waals surface area contributed by atoms with Crippen molar-refractivity contribution in [1.29, 1.82) is 0 Å². The van der Waals surface area contributed by atoms with Gasteiger partial charge in [0.25, 0.3) is 0 Å². The predicted molar refractivity (Wildman–Crippen MR) is 85.7 cm³/mol. The zero-order chi connectivity index (χ0) is 15.6. The van der Waals surface area contributed by atoms with E-state index in [4.69, 9.17) is 4.74 Å². The average molecular weight is 303 g/mol. The van der Waals surface area contributed by atoms with Gasteiger partial charge in [-0.25, -0.2) is 19.6 Å². The van der Waals surface area contributed by atoms with Crippen LogP contribution in [0.15, 0.2) is 61.4 Å². The Balaban J connectivity index is 1.67. The molecule has 2 heterocycles. The molecule has 0 aliphatic carbocycles. The molecule has 23 heavy (non-hydrogen) atoms. The fourth-order valence-corrected chi connectivity index (χ4v) is 2.35. The minimum absolute atomic E-state index is 0.548. The summed E-state index contributed by atoms with van der Waals surface area (Å²) < 4.78 is 7.61. The fraction of sp³-hybridized carbons (Fsp3) is 0.0588. The van der Waals surface area contributed by atoms with Crippen molar-refractivity contribution < 1.29 is 4.74 Å². The number of benzene rings is 2. The Labute approximate surface area is 132 Å². The second-order valence-corrected chi connectivity index (χ2v) is 5.14. The molecule has 4 aromatic rings. The molecule has 2 aromatic heterocycles. The van der Waals surface area contributed by atoms with E-state index >= 15 is 0 Å². The van der Waals surface area contributed by atoms with Crippen LogP contribution in [0.2, 0.25) is 0 Å². The van der Waals surface area contributed by atoms with Gasteiger partial charge in [0.15, 0.2) is 0 Å². The number of aromatic nitrogens is 5. The van der Waals surface area contributed by atoms with Crippen LogP contribution in [0.25, 0.3) is 16.6 Å². The predicted octanol–water partition coefficient (Wildman–Crippen LogP) is 3.31. The minimum atomic E-state index is 0.548. The monoisotopic (exact) mass is 303 g/mol. The first-order chi connectivity index (χ1) is 11.3. The summed E-state index contributed by atoms with van der Waals surface area (Å²) in [5.74, 6) is 1.25. The van der Waals surface area contributed by atoms with E-state index in [9.17, 15) is 0 Å². The van der Waals surface area contributed by atoms with Gasteiger partial charge in [-0.15, -0.1) is 0 Å². The topological polar surface area (TPSA) is 65.7 Å². The van der Waals surface area contributed by atoms with Gasteiger partial charge in [0.2, 0.25) is 5.88 Å². The third-order valence-electron chi connectivity index (χ3n) is 3.49. The van der Waals surface area contributed by atoms with Crippen LogP contribution in [-0.2, 0) is 0 Å². The maximum Gasteiger partial charge on any atom is 0.230 e. The Morgan fingerprint density at radius 1 is 0.957 bits per heavy atom. The number of nitrogens with zero attached hydrogens (tertiary/aromatic N) is 5. The highest BCUT2D eigenvalue weighted by atomic mass is 16.5. The molecule has 0 saturated carbocycles. The average Bonchev–Trinajstić information content (AvgIpc) is 3.11. The fourth-order valence-electron chi connectivity index (χ4n) is 2.35. The quantitative estimate of drug-likeness (QED) is 0.581. The molecular formula is C17H13N5O. The van der Waals surface area contributed by atoms with Gasteiger partial charge in [0, 0.05) is 0 Å². The summed E-state index contributed by atoms with van der Waals surface area (Å²) in [5, 5.41) is 4.99. The normalized spacial score (nSPS) is 10.8. The second-order valence-electron chi connectivity index (χ2n) is 5.14. The van der Waals surface area contributed by atoms with Gasteiger partial charge in [-0.05, 0) is 43.3 Å². The van der Waals surface area contributed by atoms with E-state index in [2.05, 4.69) is 20.1 Å². The van der Waals surface area contributed by atoms with Crippen LogP contribution < -0.4 is 4.74 Å². The molecule has 0 unspecified atom stereocenters. The van der Waals surface area contributed by atoms with Crippen molar-refractivity contribution in [2.75, 3.05) is 0 Å². The Hall–Kier alpha value is -3.28. The molecule has 0 atom stereocenters. The van der Waals surface area contributed by atoms with Crippen molar-refractivity contribution in [2.24, 2.45) is 0 Å². The summed E-state index contributed by atoms with van der Waals surface area (Å²) in [5.41, 5.74) is 2.91. The van der Waals surface area contributed by atoms with Gasteiger partial charge in [-0.1, -0.05) is 11.6 Å². The summed E-state index contributed by atoms with van der Waals surface area (Å²) in [4.78, 5) is 12.5. The first-order valence-electron chi connectivity index (χ1n) is 7.14. The number of aryl methyl sites for hydroxylation is 1. The lowest BCUT2D eigenvalue weighted by molar-refractivity contribution is 0.468. The van der Waals surface area contributed by atoms with E-state index in [0.29, 0.717) is 11.6 Å². The molecule has 0 aliphatic heterocycles. The molecule has 0 bridgehead atoms. The van der Waals surface area contributed by atoms with Crippen molar-refractivity contribution in [3.05, 3.63) is 67.0 Å². The van der Waals surface area contributed by atoms with Crippen molar-refractivity contribution >= 4 is 10.9 Å². The molecule has 0 amide bonds. The van der Waals surface area contributed by atoms with Crippen LogP contribution >= 0.6 is 0 Å². The van der Waals surface area contributed by atoms with E-state index < -0.39 is 0 Å². The highest BCUT2D eigenvalue weighted by Crippen LogP contribution is 2.27. The van der Waals surface area contributed by atoms with E-state index in [1.165, 1.54) is 12.7 Å². The van der Waals surface area contributed by atoms with E-state index in [1.807, 2.05) is 49.4 Å². The van der Waals surface area contributed by atoms with Crippen LogP contribution in [-0.4, -0.2) is 24.7 Å². The van der Waals surface area contributed by atoms with Crippen molar-refractivity contribution in [2.45, 2.75) is 6.92 Å². The number of hydrogen-bond acceptors (Lipinski definition) is 5. The molecule has 6 nitrogen and oxygen atoms in total. The number of hydrogen-bond donors (Lipinski definition) is 0. The van der Waals surface area contributed by atoms with Crippen LogP contribution in [0, 0.1) is 6.92 Å². The van der Waals surface area contributed by atoms with Crippen molar-refractivity contribution in [3.8, 4) is 17.3 Å². The maximum atomic E-state index is 5.92. The van der Waals surface area contributed by atoms with Crippen LogP contribution in [0.5, 0.6) is 11.6 Å². The summed E-state index contributed by atoms with van der Waals surface area (Å²) in [7, 11) is 0. The Morgan fingerprint density at radius 3 is 2.61 bits per heavy atom. The minimum Gasteiger partial charge on any atom is -0.438 e. The molecule has 0 spiro atoms. The Morgan fingerprint density at radius 2 is 1.83 bits per heavy atom. The van der Waals surface area contributed by atoms with Gasteiger partial charge in [0.1, 0.15) is 24.7 Å². The summed E-state index contributed by atoms with van der Waals surface area (Å²) >= 11 is 0. The molecule has 0 N–H and O–H groups in total. The van der Waals surface area contributed by atoms with Crippen LogP contribution in [0.3, 0.4) is 0 Å². The van der Waals surface area contributed by atoms with Gasteiger partial charge in [0.05, 0.1) is 16.6 Å². The Kier molecular flexibility index (Phi) is 3.20. The number of fused-ring (bicyclic) bond motifs is 1. The van der Waals surface area contributed by atoms with Crippen LogP contribution in [0.4, 0.5) is 0 Å². The van der Waals surface area contributed by atoms with E-state index in [0.717, 1.165) is 22.2 Å². The van der Waals surface area contributed by atoms with Crippen LogP contribution in [0.1, 0.15) is 5.56 Å². The third-order valence-corrected chi connectivity index (χ3v) is 3.49. The molecule has 0 aliphatic rings. The maximum absolute atomic E-state index is 5.92. The molecule has 0 saturated heterocycles. The van der Waals surface area contributed by atoms with Gasteiger partial charge in [-0.2, -0.15) is 5.10 Å². The zero-order valence-corrected chi connectivity index (χ0v) is 12.4. The number of ether oxygens (including phenoxy) is 1. The standard InChI is InChI=1S/C17H13N5O/c1-12-2-7-16-15(8-12)17(20-10-19-16)23-14-5-3-13(4-6-14)22-11-18-9-21-22/h2-11H,1H3. The Bertz CT molecular complexity index is 949. The van der Waals surface area contributed by atoms with E-state index in [1.54, 1.807) is 11.0 Å². The lowest BCUT2D eigenvalue weighted by Crippen LogP contribution is -1.95. The highest BCUT2D eigenvalue weighted by molar-refractivity contribution is 5.84. The molecule has 2 aromatic carbocycles. The molecule has 6 heteroatoms. The van der Waals surface area contributed by atoms with E-state index in [-0.39, 0.29) is 0 Å². The lowest BCUT2D eigenvalue weighted by atomic mass is 10.2. The first kappa shape index (κ1) is 13.4. The summed E-state index contributed by atoms with van der Waals surface area (Å²) in [6.07, 6.45) is 4.66. The zero-order valence-electron chi connectivity index (χ0n) is 12.4. The molecular weight excluding hydrogens is 290 g/mol. The SMILES string of the molecule is Cc1ccc2ncnc(Oc3ccc(-n4cncn4)cc3)c2c1. The smallest absolute Gasteiger partial charge is 0.230 e. The molecule has 112 valence electrons. The summed E-state index contributed by atoms with van der Waals surface area (Å²) in [6, 6.07) is 13.6. The van der Waals surface area contributed by atoms with Gasteiger partial charge in [-0.3, -0.25) is 0 Å². The number of rotatable bonds is 3. The van der Waals surface area contributed by atoms with Crippen molar-refractivity contribution in [1.82, 2.24) is 24.7 Å². The second kappa shape index (κ2) is 5.49. The van der Waals surface area contributed by atoms with Gasteiger partial charge >= 0.3 is 0 Å². The largest absolute Gasteiger partial charge is 0.438 e. The lowest BCUT2D eigenvalue weighted by Gasteiger charge is -2.08. The molecule has 0 radical (unpaired) electrons.